The lowest BCUT2D eigenvalue weighted by molar-refractivity contribution is -0.384. The normalized spacial score (nSPS) is 28.3. The number of carboxylic acids is 1. The Morgan fingerprint density at radius 2 is 1.89 bits per heavy atom. The van der Waals surface area contributed by atoms with Crippen LogP contribution >= 0.6 is 11.8 Å². The van der Waals surface area contributed by atoms with Crippen LogP contribution < -0.4 is 5.32 Å². The number of β-lactam (4-membered cyclic amide) rings is 1. The molecule has 1 unspecified atom stereocenters. The van der Waals surface area contributed by atoms with Crippen LogP contribution in [0.5, 0.6) is 0 Å². The first kappa shape index (κ1) is 19.2. The number of carboxylic acid groups (broad SMARTS) is 1. The Balaban J connectivity index is 1.70. The molecule has 2 heterocycles. The van der Waals surface area contributed by atoms with Gasteiger partial charge in [0.15, 0.2) is 0 Å². The SMILES string of the molecule is CC1(C)S[C@H]2N(C(=O)C2(C)NC(=O)Cc2ccc([N+](=O)[O-])cc2)[C@H]1C(=O)O. The van der Waals surface area contributed by atoms with Crippen molar-refractivity contribution in [3.05, 3.63) is 39.9 Å². The minimum Gasteiger partial charge on any atom is -0.480 e. The van der Waals surface area contributed by atoms with Crippen LogP contribution in [0.25, 0.3) is 0 Å². The average Bonchev–Trinajstić information content (AvgIpc) is 2.84. The monoisotopic (exact) mass is 393 g/mol. The minimum absolute atomic E-state index is 0.0377. The number of hydrogen-bond donors (Lipinski definition) is 2. The lowest BCUT2D eigenvalue weighted by Crippen LogP contribution is -2.78. The number of carbonyl (C=O) groups is 3. The van der Waals surface area contributed by atoms with Gasteiger partial charge in [0.2, 0.25) is 5.91 Å². The number of nitro benzene ring substituents is 1. The Hall–Kier alpha value is -2.62. The van der Waals surface area contributed by atoms with Gasteiger partial charge in [0, 0.05) is 16.9 Å². The lowest BCUT2D eigenvalue weighted by Gasteiger charge is -2.51. The van der Waals surface area contributed by atoms with Gasteiger partial charge in [0.1, 0.15) is 17.0 Å². The topological polar surface area (TPSA) is 130 Å². The van der Waals surface area contributed by atoms with Crippen molar-refractivity contribution in [3.63, 3.8) is 0 Å². The third-order valence-corrected chi connectivity index (χ3v) is 6.67. The zero-order chi connectivity index (χ0) is 20.1. The highest BCUT2D eigenvalue weighted by Gasteiger charge is 2.69. The maximum atomic E-state index is 12.6. The molecule has 2 amide bonds. The van der Waals surface area contributed by atoms with E-state index in [-0.39, 0.29) is 12.1 Å². The number of benzene rings is 1. The molecule has 0 saturated carbocycles. The molecule has 2 N–H and O–H groups in total. The average molecular weight is 393 g/mol. The lowest BCUT2D eigenvalue weighted by atomic mass is 9.86. The number of fused-ring (bicyclic) bond motifs is 1. The van der Waals surface area contributed by atoms with Crippen molar-refractivity contribution in [2.75, 3.05) is 0 Å². The quantitative estimate of drug-likeness (QED) is 0.436. The number of non-ortho nitro benzene ring substituents is 1. The number of thioether (sulfide) groups is 1. The second kappa shape index (κ2) is 6.22. The summed E-state index contributed by atoms with van der Waals surface area (Å²) in [6, 6.07) is 4.66. The summed E-state index contributed by atoms with van der Waals surface area (Å²) in [6.45, 7) is 5.12. The second-order valence-electron chi connectivity index (χ2n) is 7.38. The summed E-state index contributed by atoms with van der Waals surface area (Å²) >= 11 is 1.35. The van der Waals surface area contributed by atoms with Gasteiger partial charge < -0.3 is 15.3 Å². The Kier molecular flexibility index (Phi) is 4.41. The predicted octanol–water partition coefficient (Wildman–Crippen LogP) is 1.16. The highest BCUT2D eigenvalue weighted by molar-refractivity contribution is 8.01. The predicted molar refractivity (Wildman–Crippen MR) is 97.1 cm³/mol. The summed E-state index contributed by atoms with van der Waals surface area (Å²) < 4.78 is -0.674. The van der Waals surface area contributed by atoms with Gasteiger partial charge in [-0.15, -0.1) is 11.8 Å². The van der Waals surface area contributed by atoms with E-state index in [1.165, 1.54) is 40.9 Å². The van der Waals surface area contributed by atoms with Crippen molar-refractivity contribution in [2.24, 2.45) is 0 Å². The molecule has 3 rings (SSSR count). The van der Waals surface area contributed by atoms with Crippen LogP contribution in [0.1, 0.15) is 26.3 Å². The molecule has 1 aromatic rings. The first-order valence-electron chi connectivity index (χ1n) is 8.25. The van der Waals surface area contributed by atoms with Crippen molar-refractivity contribution in [2.45, 2.75) is 48.9 Å². The molecular formula is C17H19N3O6S. The molecule has 2 aliphatic heterocycles. The van der Waals surface area contributed by atoms with E-state index in [1.54, 1.807) is 20.8 Å². The van der Waals surface area contributed by atoms with Crippen LogP contribution in [0.3, 0.4) is 0 Å². The third kappa shape index (κ3) is 3.03. The largest absolute Gasteiger partial charge is 0.480 e. The molecule has 9 nitrogen and oxygen atoms in total. The molecule has 1 aromatic carbocycles. The Bertz CT molecular complexity index is 840. The number of nitrogens with one attached hydrogen (secondary N) is 1. The highest BCUT2D eigenvalue weighted by atomic mass is 32.2. The van der Waals surface area contributed by atoms with Crippen molar-refractivity contribution >= 4 is 35.2 Å². The fourth-order valence-electron chi connectivity index (χ4n) is 3.59. The van der Waals surface area contributed by atoms with Crippen molar-refractivity contribution in [1.29, 1.82) is 0 Å². The minimum atomic E-state index is -1.18. The molecule has 2 saturated heterocycles. The summed E-state index contributed by atoms with van der Waals surface area (Å²) in [5.74, 6) is -1.89. The standard InChI is InChI=1S/C17H19N3O6S/c1-16(2)12(13(22)23)19-14(24)17(3,15(19)27-16)18-11(21)8-9-4-6-10(7-5-9)20(25)26/h4-7,12,15H,8H2,1-3H3,(H,18,21)(H,22,23)/t12-,15+,17?/m0/s1. The number of nitro groups is 1. The molecule has 0 bridgehead atoms. The van der Waals surface area contributed by atoms with Crippen LogP contribution in [0.2, 0.25) is 0 Å². The molecule has 144 valence electrons. The summed E-state index contributed by atoms with van der Waals surface area (Å²) in [5.41, 5.74) is -0.669. The fourth-order valence-corrected chi connectivity index (χ4v) is 5.24. The molecule has 0 radical (unpaired) electrons. The number of rotatable bonds is 5. The van der Waals surface area contributed by atoms with Gasteiger partial charge in [-0.1, -0.05) is 12.1 Å². The Labute approximate surface area is 159 Å². The molecule has 27 heavy (non-hydrogen) atoms. The van der Waals surface area contributed by atoms with Crippen LogP contribution in [0.15, 0.2) is 24.3 Å². The number of aliphatic carboxylic acids is 1. The van der Waals surface area contributed by atoms with Gasteiger partial charge in [-0.25, -0.2) is 4.79 Å². The van der Waals surface area contributed by atoms with Crippen LogP contribution in [-0.2, 0) is 20.8 Å². The number of amides is 2. The Morgan fingerprint density at radius 3 is 2.41 bits per heavy atom. The maximum absolute atomic E-state index is 12.6. The summed E-state index contributed by atoms with van der Waals surface area (Å²) in [4.78, 5) is 48.1. The first-order valence-corrected chi connectivity index (χ1v) is 9.13. The smallest absolute Gasteiger partial charge is 0.327 e. The van der Waals surface area contributed by atoms with Crippen LogP contribution in [0, 0.1) is 10.1 Å². The third-order valence-electron chi connectivity index (χ3n) is 4.92. The van der Waals surface area contributed by atoms with Crippen LogP contribution in [-0.4, -0.2) is 54.4 Å². The number of hydrogen-bond acceptors (Lipinski definition) is 6. The molecule has 0 aliphatic carbocycles. The molecular weight excluding hydrogens is 374 g/mol. The highest BCUT2D eigenvalue weighted by Crippen LogP contribution is 2.54. The van der Waals surface area contributed by atoms with Gasteiger partial charge in [0.25, 0.3) is 11.6 Å². The van der Waals surface area contributed by atoms with E-state index in [4.69, 9.17) is 0 Å². The van der Waals surface area contributed by atoms with Gasteiger partial charge in [-0.05, 0) is 26.3 Å². The van der Waals surface area contributed by atoms with E-state index in [9.17, 15) is 29.6 Å². The molecule has 3 atom stereocenters. The molecule has 2 fully saturated rings. The van der Waals surface area contributed by atoms with Gasteiger partial charge in [-0.3, -0.25) is 19.7 Å². The molecule has 0 aromatic heterocycles. The Morgan fingerprint density at radius 1 is 1.30 bits per heavy atom. The van der Waals surface area contributed by atoms with Crippen molar-refractivity contribution in [1.82, 2.24) is 10.2 Å². The van der Waals surface area contributed by atoms with E-state index in [0.29, 0.717) is 5.56 Å². The van der Waals surface area contributed by atoms with E-state index < -0.39 is 44.4 Å². The first-order chi connectivity index (χ1) is 12.5. The van der Waals surface area contributed by atoms with Crippen molar-refractivity contribution in [3.8, 4) is 0 Å². The van der Waals surface area contributed by atoms with Crippen LogP contribution in [0.4, 0.5) is 5.69 Å². The molecule has 0 spiro atoms. The van der Waals surface area contributed by atoms with E-state index in [0.717, 1.165) is 0 Å². The zero-order valence-electron chi connectivity index (χ0n) is 15.0. The van der Waals surface area contributed by atoms with Gasteiger partial charge >= 0.3 is 5.97 Å². The fraction of sp³-hybridized carbons (Fsp3) is 0.471. The van der Waals surface area contributed by atoms with Gasteiger partial charge in [-0.2, -0.15) is 0 Å². The van der Waals surface area contributed by atoms with E-state index in [1.807, 2.05) is 0 Å². The van der Waals surface area contributed by atoms with Gasteiger partial charge in [0.05, 0.1) is 11.3 Å². The molecule has 10 heteroatoms. The maximum Gasteiger partial charge on any atom is 0.327 e. The zero-order valence-corrected chi connectivity index (χ0v) is 15.8. The van der Waals surface area contributed by atoms with Crippen molar-refractivity contribution < 1.29 is 24.4 Å². The summed E-state index contributed by atoms with van der Waals surface area (Å²) in [5, 5.41) is 22.4. The summed E-state index contributed by atoms with van der Waals surface area (Å²) in [7, 11) is 0. The number of nitrogens with zero attached hydrogens (tertiary/aromatic N) is 2. The van der Waals surface area contributed by atoms with E-state index in [2.05, 4.69) is 5.32 Å². The molecule has 2 aliphatic rings. The van der Waals surface area contributed by atoms with E-state index >= 15 is 0 Å². The summed E-state index contributed by atoms with van der Waals surface area (Å²) in [6.07, 6.45) is -0.0377. The number of carbonyl (C=O) groups excluding carboxylic acids is 2. The second-order valence-corrected chi connectivity index (χ2v) is 9.11.